The van der Waals surface area contributed by atoms with Gasteiger partial charge in [-0.3, -0.25) is 4.79 Å². The van der Waals surface area contributed by atoms with Crippen LogP contribution < -0.4 is 15.4 Å². The van der Waals surface area contributed by atoms with Gasteiger partial charge in [0.1, 0.15) is 30.1 Å². The molecule has 3 rings (SSSR count). The molecule has 1 aliphatic rings. The summed E-state index contributed by atoms with van der Waals surface area (Å²) in [7, 11) is 0. The second-order valence-electron chi connectivity index (χ2n) is 6.54. The Morgan fingerprint density at radius 3 is 2.56 bits per heavy atom. The quantitative estimate of drug-likeness (QED) is 0.429. The maximum atomic E-state index is 12.8. The number of alkyl halides is 3. The van der Waals surface area contributed by atoms with Crippen LogP contribution in [0.5, 0.6) is 5.75 Å². The second-order valence-corrected chi connectivity index (χ2v) is 7.45. The van der Waals surface area contributed by atoms with Crippen molar-refractivity contribution in [3.05, 3.63) is 52.4 Å². The van der Waals surface area contributed by atoms with Crippen LogP contribution in [0.4, 0.5) is 23.4 Å². The standard InChI is InChI=1S/C17H17BrFN3O3.C2HF3O2/c18-11-5-10-6-15(17(24)22-16(10)21-7-11)20-8-13(23)9-25-14-3-1-12(19)2-4-14;3-2(4,5)1(6)7/h1-5,7,13,15,20,23H,6,8-9H2,(H,21,22,24);(H,6,7). The van der Waals surface area contributed by atoms with Crippen molar-refractivity contribution in [3.63, 3.8) is 0 Å². The highest BCUT2D eigenvalue weighted by Crippen LogP contribution is 2.23. The van der Waals surface area contributed by atoms with E-state index in [4.69, 9.17) is 14.6 Å². The number of aliphatic carboxylic acids is 1. The van der Waals surface area contributed by atoms with Crippen LogP contribution in [0.3, 0.4) is 0 Å². The first-order valence-corrected chi connectivity index (χ1v) is 9.80. The molecule has 0 saturated carbocycles. The largest absolute Gasteiger partial charge is 0.491 e. The summed E-state index contributed by atoms with van der Waals surface area (Å²) in [6, 6.07) is 7.01. The maximum absolute atomic E-state index is 12.8. The van der Waals surface area contributed by atoms with Crippen molar-refractivity contribution >= 4 is 33.6 Å². The Bertz CT molecular complexity index is 944. The summed E-state index contributed by atoms with van der Waals surface area (Å²) in [5.41, 5.74) is 0.920. The Hall–Kier alpha value is -2.77. The lowest BCUT2D eigenvalue weighted by molar-refractivity contribution is -0.192. The smallest absolute Gasteiger partial charge is 0.490 e. The molecular formula is C19H18BrF4N3O5. The van der Waals surface area contributed by atoms with Gasteiger partial charge in [0.25, 0.3) is 0 Å². The number of carbonyl (C=O) groups is 2. The fourth-order valence-electron chi connectivity index (χ4n) is 2.49. The van der Waals surface area contributed by atoms with E-state index >= 15 is 0 Å². The Morgan fingerprint density at radius 1 is 1.34 bits per heavy atom. The number of aliphatic hydroxyl groups excluding tert-OH is 1. The van der Waals surface area contributed by atoms with Gasteiger partial charge in [-0.25, -0.2) is 14.2 Å². The van der Waals surface area contributed by atoms with Gasteiger partial charge in [0.15, 0.2) is 0 Å². The zero-order valence-corrected chi connectivity index (χ0v) is 17.8. The molecule has 1 aromatic carbocycles. The van der Waals surface area contributed by atoms with Crippen molar-refractivity contribution in [1.82, 2.24) is 10.3 Å². The molecule has 0 saturated heterocycles. The van der Waals surface area contributed by atoms with Crippen molar-refractivity contribution in [2.24, 2.45) is 0 Å². The van der Waals surface area contributed by atoms with E-state index in [1.165, 1.54) is 24.3 Å². The molecule has 0 radical (unpaired) electrons. The molecule has 32 heavy (non-hydrogen) atoms. The second kappa shape index (κ2) is 11.2. The summed E-state index contributed by atoms with van der Waals surface area (Å²) in [6.07, 6.45) is -3.78. The molecule has 0 fully saturated rings. The van der Waals surface area contributed by atoms with Gasteiger partial charge in [-0.2, -0.15) is 13.2 Å². The zero-order chi connectivity index (χ0) is 23.9. The summed E-state index contributed by atoms with van der Waals surface area (Å²) in [5.74, 6) is -2.26. The number of aromatic nitrogens is 1. The number of carboxylic acids is 1. The topological polar surface area (TPSA) is 121 Å². The van der Waals surface area contributed by atoms with E-state index in [1.807, 2.05) is 6.07 Å². The number of halogens is 5. The monoisotopic (exact) mass is 523 g/mol. The molecule has 174 valence electrons. The molecule has 2 unspecified atom stereocenters. The van der Waals surface area contributed by atoms with E-state index in [1.54, 1.807) is 6.20 Å². The number of nitrogens with zero attached hydrogens (tertiary/aromatic N) is 1. The molecule has 1 aliphatic heterocycles. The Balaban J connectivity index is 0.000000451. The van der Waals surface area contributed by atoms with Crippen LogP contribution in [-0.4, -0.2) is 58.5 Å². The number of hydrogen-bond donors (Lipinski definition) is 4. The summed E-state index contributed by atoms with van der Waals surface area (Å²) >= 11 is 3.36. The summed E-state index contributed by atoms with van der Waals surface area (Å²) in [6.45, 7) is 0.229. The molecule has 8 nitrogen and oxygen atoms in total. The zero-order valence-electron chi connectivity index (χ0n) is 16.2. The highest BCUT2D eigenvalue weighted by Gasteiger charge is 2.38. The molecule has 4 N–H and O–H groups in total. The number of carbonyl (C=O) groups excluding carboxylic acids is 1. The number of fused-ring (bicyclic) bond motifs is 1. The SMILES string of the molecule is O=C(O)C(F)(F)F.O=C1Nc2ncc(Br)cc2CC1NCC(O)COc1ccc(F)cc1. The number of benzene rings is 1. The third-order valence-electron chi connectivity index (χ3n) is 4.01. The number of aliphatic hydroxyl groups is 1. The minimum Gasteiger partial charge on any atom is -0.491 e. The van der Waals surface area contributed by atoms with E-state index in [2.05, 4.69) is 31.5 Å². The number of rotatable bonds is 6. The average Bonchev–Trinajstić information content (AvgIpc) is 2.72. The Kier molecular flexibility index (Phi) is 8.92. The third-order valence-corrected chi connectivity index (χ3v) is 4.45. The normalized spacial score (nSPS) is 16.2. The highest BCUT2D eigenvalue weighted by atomic mass is 79.9. The van der Waals surface area contributed by atoms with Gasteiger partial charge in [-0.1, -0.05) is 0 Å². The minimum atomic E-state index is -5.08. The molecule has 2 aromatic rings. The van der Waals surface area contributed by atoms with Crippen LogP contribution >= 0.6 is 15.9 Å². The molecule has 0 bridgehead atoms. The molecular weight excluding hydrogens is 506 g/mol. The number of carboxylic acid groups (broad SMARTS) is 1. The molecule has 2 heterocycles. The van der Waals surface area contributed by atoms with Crippen LogP contribution in [0.25, 0.3) is 0 Å². The first-order chi connectivity index (χ1) is 15.0. The van der Waals surface area contributed by atoms with Crippen LogP contribution in [0.2, 0.25) is 0 Å². The number of pyridine rings is 1. The lowest BCUT2D eigenvalue weighted by Gasteiger charge is -2.25. The third kappa shape index (κ3) is 8.05. The number of anilines is 1. The first kappa shape index (κ1) is 25.5. The van der Waals surface area contributed by atoms with Gasteiger partial charge >= 0.3 is 12.1 Å². The lowest BCUT2D eigenvalue weighted by atomic mass is 10.0. The average molecular weight is 524 g/mol. The molecule has 2 atom stereocenters. The van der Waals surface area contributed by atoms with Gasteiger partial charge < -0.3 is 25.6 Å². The van der Waals surface area contributed by atoms with Crippen LogP contribution in [0.15, 0.2) is 41.0 Å². The van der Waals surface area contributed by atoms with E-state index < -0.39 is 24.3 Å². The molecule has 1 aromatic heterocycles. The number of nitrogens with one attached hydrogen (secondary N) is 2. The molecule has 0 spiro atoms. The predicted molar refractivity (Wildman–Crippen MR) is 108 cm³/mol. The minimum absolute atomic E-state index is 0.0384. The van der Waals surface area contributed by atoms with Crippen molar-refractivity contribution in [2.75, 3.05) is 18.5 Å². The van der Waals surface area contributed by atoms with Crippen LogP contribution in [-0.2, 0) is 16.0 Å². The van der Waals surface area contributed by atoms with E-state index in [9.17, 15) is 27.5 Å². The van der Waals surface area contributed by atoms with Gasteiger partial charge in [0.05, 0.1) is 6.04 Å². The summed E-state index contributed by atoms with van der Waals surface area (Å²) < 4.78 is 50.8. The number of hydrogen-bond acceptors (Lipinski definition) is 6. The van der Waals surface area contributed by atoms with Crippen LogP contribution in [0, 0.1) is 5.82 Å². The Labute approximate surface area is 187 Å². The lowest BCUT2D eigenvalue weighted by Crippen LogP contribution is -2.48. The van der Waals surface area contributed by atoms with Gasteiger partial charge in [-0.05, 0) is 51.8 Å². The fourth-order valence-corrected chi connectivity index (χ4v) is 2.87. The van der Waals surface area contributed by atoms with Crippen molar-refractivity contribution in [2.45, 2.75) is 24.7 Å². The summed E-state index contributed by atoms with van der Waals surface area (Å²) in [5, 5.41) is 22.9. The number of ether oxygens (including phenoxy) is 1. The van der Waals surface area contributed by atoms with E-state index in [-0.39, 0.29) is 24.9 Å². The van der Waals surface area contributed by atoms with Gasteiger partial charge in [0.2, 0.25) is 5.91 Å². The fraction of sp³-hybridized carbons (Fsp3) is 0.316. The molecule has 0 aliphatic carbocycles. The van der Waals surface area contributed by atoms with Crippen molar-refractivity contribution < 1.29 is 42.1 Å². The maximum Gasteiger partial charge on any atom is 0.490 e. The number of amides is 1. The highest BCUT2D eigenvalue weighted by molar-refractivity contribution is 9.10. The van der Waals surface area contributed by atoms with Crippen LogP contribution in [0.1, 0.15) is 5.56 Å². The molecule has 13 heteroatoms. The van der Waals surface area contributed by atoms with Crippen molar-refractivity contribution in [3.8, 4) is 5.75 Å². The van der Waals surface area contributed by atoms with E-state index in [0.717, 1.165) is 10.0 Å². The molecule has 1 amide bonds. The predicted octanol–water partition coefficient (Wildman–Crippen LogP) is 2.51. The Morgan fingerprint density at radius 2 is 1.97 bits per heavy atom. The first-order valence-electron chi connectivity index (χ1n) is 9.01. The summed E-state index contributed by atoms with van der Waals surface area (Å²) in [4.78, 5) is 25.2. The van der Waals surface area contributed by atoms with Gasteiger partial charge in [0, 0.05) is 23.6 Å². The van der Waals surface area contributed by atoms with Crippen molar-refractivity contribution in [1.29, 1.82) is 0 Å². The van der Waals surface area contributed by atoms with Gasteiger partial charge in [-0.15, -0.1) is 0 Å². The van der Waals surface area contributed by atoms with E-state index in [0.29, 0.717) is 18.0 Å².